The number of carbonyl (C=O) groups is 3. The average molecular weight is 353 g/mol. The minimum Gasteiger partial charge on any atom is -0.426 e. The molecule has 1 saturated heterocycles. The molecule has 2 heterocycles. The summed E-state index contributed by atoms with van der Waals surface area (Å²) in [6, 6.07) is 7.34. The van der Waals surface area contributed by atoms with Crippen LogP contribution in [0.4, 0.5) is 0 Å². The van der Waals surface area contributed by atoms with Gasteiger partial charge in [-0.1, -0.05) is 43.9 Å². The van der Waals surface area contributed by atoms with E-state index in [0.29, 0.717) is 5.75 Å². The first-order valence-electron chi connectivity index (χ1n) is 9.82. The number of esters is 1. The number of likely N-dealkylation sites (tertiary alicyclic amines) is 1. The van der Waals surface area contributed by atoms with Crippen LogP contribution < -0.4 is 4.74 Å². The van der Waals surface area contributed by atoms with Gasteiger partial charge in [-0.3, -0.25) is 19.3 Å². The molecule has 0 bridgehead atoms. The molecule has 2 saturated carbocycles. The van der Waals surface area contributed by atoms with E-state index in [1.165, 1.54) is 4.90 Å². The minimum atomic E-state index is -0.871. The molecule has 0 aromatic heterocycles. The lowest BCUT2D eigenvalue weighted by Gasteiger charge is -2.56. The maximum Gasteiger partial charge on any atom is 0.324 e. The number of hydrogen-bond acceptors (Lipinski definition) is 4. The number of benzene rings is 1. The molecule has 5 nitrogen and oxygen atoms in total. The van der Waals surface area contributed by atoms with Crippen molar-refractivity contribution < 1.29 is 19.1 Å². The molecule has 136 valence electrons. The van der Waals surface area contributed by atoms with Gasteiger partial charge in [-0.2, -0.15) is 0 Å². The SMILES string of the molecule is O=C1Oc2ccccc2C2C1C(=O)N(C1CCCCC1)C(=O)C21CCC1. The van der Waals surface area contributed by atoms with Crippen LogP contribution in [-0.4, -0.2) is 28.7 Å². The van der Waals surface area contributed by atoms with Crippen molar-refractivity contribution in [3.63, 3.8) is 0 Å². The van der Waals surface area contributed by atoms with E-state index < -0.39 is 17.3 Å². The molecular weight excluding hydrogens is 330 g/mol. The molecule has 26 heavy (non-hydrogen) atoms. The lowest BCUT2D eigenvalue weighted by Crippen LogP contribution is -2.66. The first-order valence-corrected chi connectivity index (χ1v) is 9.82. The summed E-state index contributed by atoms with van der Waals surface area (Å²) in [4.78, 5) is 41.1. The highest BCUT2D eigenvalue weighted by Gasteiger charge is 2.65. The Hall–Kier alpha value is -2.17. The van der Waals surface area contributed by atoms with E-state index in [4.69, 9.17) is 4.74 Å². The third-order valence-corrected chi connectivity index (χ3v) is 6.98. The fourth-order valence-corrected chi connectivity index (χ4v) is 5.57. The number of para-hydroxylation sites is 1. The number of nitrogens with zero attached hydrogens (tertiary/aromatic N) is 1. The van der Waals surface area contributed by atoms with Gasteiger partial charge in [0.05, 0.1) is 5.41 Å². The molecule has 1 aromatic rings. The van der Waals surface area contributed by atoms with Crippen molar-refractivity contribution >= 4 is 17.8 Å². The van der Waals surface area contributed by atoms with E-state index in [2.05, 4.69) is 0 Å². The maximum atomic E-state index is 13.6. The Labute approximate surface area is 152 Å². The minimum absolute atomic E-state index is 0.0357. The van der Waals surface area contributed by atoms with E-state index in [1.807, 2.05) is 18.2 Å². The normalized spacial score (nSPS) is 30.5. The molecule has 3 fully saturated rings. The first kappa shape index (κ1) is 16.0. The Bertz CT molecular complexity index is 791. The fraction of sp³-hybridized carbons (Fsp3) is 0.571. The molecule has 1 spiro atoms. The zero-order valence-electron chi connectivity index (χ0n) is 14.8. The van der Waals surface area contributed by atoms with Crippen molar-refractivity contribution in [2.75, 3.05) is 0 Å². The van der Waals surface area contributed by atoms with Gasteiger partial charge in [0.2, 0.25) is 11.8 Å². The van der Waals surface area contributed by atoms with Crippen molar-refractivity contribution in [2.45, 2.75) is 63.3 Å². The Morgan fingerprint density at radius 3 is 2.38 bits per heavy atom. The van der Waals surface area contributed by atoms with Crippen molar-refractivity contribution in [1.82, 2.24) is 4.90 Å². The van der Waals surface area contributed by atoms with Crippen molar-refractivity contribution in [3.05, 3.63) is 29.8 Å². The maximum absolute atomic E-state index is 13.6. The predicted molar refractivity (Wildman–Crippen MR) is 93.3 cm³/mol. The van der Waals surface area contributed by atoms with Crippen LogP contribution >= 0.6 is 0 Å². The van der Waals surface area contributed by atoms with Crippen LogP contribution in [0, 0.1) is 11.3 Å². The van der Waals surface area contributed by atoms with Crippen LogP contribution in [0.2, 0.25) is 0 Å². The van der Waals surface area contributed by atoms with Crippen molar-refractivity contribution in [3.8, 4) is 5.75 Å². The summed E-state index contributed by atoms with van der Waals surface area (Å²) in [5.74, 6) is -1.58. The molecule has 1 aromatic carbocycles. The molecular formula is C21H23NO4. The summed E-state index contributed by atoms with van der Waals surface area (Å²) in [7, 11) is 0. The number of carbonyl (C=O) groups excluding carboxylic acids is 3. The van der Waals surface area contributed by atoms with Crippen LogP contribution in [0.25, 0.3) is 0 Å². The van der Waals surface area contributed by atoms with Crippen LogP contribution in [-0.2, 0) is 14.4 Å². The highest BCUT2D eigenvalue weighted by Crippen LogP contribution is 2.61. The summed E-state index contributed by atoms with van der Waals surface area (Å²) in [6.45, 7) is 0. The molecule has 4 aliphatic rings. The van der Waals surface area contributed by atoms with Gasteiger partial charge in [0.25, 0.3) is 0 Å². The van der Waals surface area contributed by atoms with Gasteiger partial charge in [-0.05, 0) is 31.7 Å². The molecule has 2 amide bonds. The van der Waals surface area contributed by atoms with Gasteiger partial charge in [-0.15, -0.1) is 0 Å². The van der Waals surface area contributed by atoms with Gasteiger partial charge in [0.15, 0.2) is 0 Å². The Morgan fingerprint density at radius 1 is 0.962 bits per heavy atom. The number of rotatable bonds is 1. The largest absolute Gasteiger partial charge is 0.426 e. The second-order valence-electron chi connectivity index (χ2n) is 8.23. The zero-order valence-corrected chi connectivity index (χ0v) is 14.8. The standard InChI is InChI=1S/C21H23NO4/c23-18-16-17(14-9-4-5-10-15(14)26-19(16)24)21(11-6-12-21)20(25)22(18)13-7-2-1-3-8-13/h4-5,9-10,13,16-17H,1-3,6-8,11-12H2. The molecule has 5 rings (SSSR count). The lowest BCUT2D eigenvalue weighted by molar-refractivity contribution is -0.179. The molecule has 2 unspecified atom stereocenters. The van der Waals surface area contributed by atoms with Crippen LogP contribution in [0.5, 0.6) is 5.75 Å². The molecule has 2 aliphatic carbocycles. The summed E-state index contributed by atoms with van der Waals surface area (Å²) in [5, 5.41) is 0. The predicted octanol–water partition coefficient (Wildman–Crippen LogP) is 3.18. The van der Waals surface area contributed by atoms with Gasteiger partial charge < -0.3 is 4.74 Å². The van der Waals surface area contributed by atoms with Gasteiger partial charge in [-0.25, -0.2) is 0 Å². The third-order valence-electron chi connectivity index (χ3n) is 6.98. The Balaban J connectivity index is 1.63. The van der Waals surface area contributed by atoms with Crippen molar-refractivity contribution in [1.29, 1.82) is 0 Å². The third kappa shape index (κ3) is 2.00. The summed E-state index contributed by atoms with van der Waals surface area (Å²) in [5.41, 5.74) is 0.243. The number of imide groups is 1. The van der Waals surface area contributed by atoms with E-state index >= 15 is 0 Å². The number of piperidine rings is 1. The first-order chi connectivity index (χ1) is 12.6. The Morgan fingerprint density at radius 2 is 1.69 bits per heavy atom. The van der Waals surface area contributed by atoms with Crippen molar-refractivity contribution in [2.24, 2.45) is 11.3 Å². The summed E-state index contributed by atoms with van der Waals surface area (Å²) >= 11 is 0. The van der Waals surface area contributed by atoms with Gasteiger partial charge >= 0.3 is 5.97 Å². The van der Waals surface area contributed by atoms with Crippen LogP contribution in [0.1, 0.15) is 62.8 Å². The fourth-order valence-electron chi connectivity index (χ4n) is 5.57. The Kier molecular flexibility index (Phi) is 3.49. The summed E-state index contributed by atoms with van der Waals surface area (Å²) in [6.07, 6.45) is 7.42. The monoisotopic (exact) mass is 353 g/mol. The smallest absolute Gasteiger partial charge is 0.324 e. The molecule has 0 N–H and O–H groups in total. The lowest BCUT2D eigenvalue weighted by atomic mass is 9.52. The average Bonchev–Trinajstić information content (AvgIpc) is 2.61. The number of amides is 2. The number of hydrogen-bond donors (Lipinski definition) is 0. The van der Waals surface area contributed by atoms with Gasteiger partial charge in [0.1, 0.15) is 11.7 Å². The molecule has 2 atom stereocenters. The van der Waals surface area contributed by atoms with E-state index in [1.54, 1.807) is 6.07 Å². The second kappa shape index (κ2) is 5.66. The van der Waals surface area contributed by atoms with E-state index in [0.717, 1.165) is 56.9 Å². The quantitative estimate of drug-likeness (QED) is 0.337. The highest BCUT2D eigenvalue weighted by atomic mass is 16.5. The zero-order chi connectivity index (χ0) is 17.9. The highest BCUT2D eigenvalue weighted by molar-refractivity contribution is 6.12. The van der Waals surface area contributed by atoms with Crippen LogP contribution in [0.15, 0.2) is 24.3 Å². The van der Waals surface area contributed by atoms with E-state index in [-0.39, 0.29) is 23.8 Å². The number of fused-ring (bicyclic) bond motifs is 4. The van der Waals surface area contributed by atoms with Crippen LogP contribution in [0.3, 0.4) is 0 Å². The van der Waals surface area contributed by atoms with Gasteiger partial charge in [0, 0.05) is 17.5 Å². The topological polar surface area (TPSA) is 63.7 Å². The van der Waals surface area contributed by atoms with E-state index in [9.17, 15) is 14.4 Å². The molecule has 0 radical (unpaired) electrons. The molecule has 2 aliphatic heterocycles. The summed E-state index contributed by atoms with van der Waals surface area (Å²) < 4.78 is 5.51. The molecule has 5 heteroatoms. The number of ether oxygens (including phenoxy) is 1. The second-order valence-corrected chi connectivity index (χ2v) is 8.23.